The van der Waals surface area contributed by atoms with Gasteiger partial charge >= 0.3 is 0 Å². The van der Waals surface area contributed by atoms with Crippen LogP contribution in [-0.2, 0) is 11.2 Å². The Morgan fingerprint density at radius 3 is 2.94 bits per heavy atom. The summed E-state index contributed by atoms with van der Waals surface area (Å²) in [6.07, 6.45) is 3.20. The van der Waals surface area contributed by atoms with Gasteiger partial charge in [0.05, 0.1) is 6.61 Å². The number of hydrogen-bond donors (Lipinski definition) is 2. The van der Waals surface area contributed by atoms with E-state index in [-0.39, 0.29) is 5.91 Å². The summed E-state index contributed by atoms with van der Waals surface area (Å²) in [7, 11) is 1.96. The number of carbonyl (C=O) groups excluding carboxylic acids is 1. The highest BCUT2D eigenvalue weighted by Gasteiger charge is 1.99. The number of hydrogen-bond acceptors (Lipinski definition) is 3. The first-order chi connectivity index (χ1) is 8.72. The zero-order chi connectivity index (χ0) is 13.2. The van der Waals surface area contributed by atoms with E-state index in [1.807, 2.05) is 20.1 Å². The molecule has 0 spiro atoms. The monoisotopic (exact) mass is 248 g/mol. The smallest absolute Gasteiger partial charge is 0.217 e. The maximum Gasteiger partial charge on any atom is 0.217 e. The maximum absolute atomic E-state index is 10.6. The van der Waals surface area contributed by atoms with Crippen molar-refractivity contribution in [3.63, 3.8) is 0 Å². The van der Waals surface area contributed by atoms with Crippen molar-refractivity contribution in [2.45, 2.75) is 25.7 Å². The van der Waals surface area contributed by atoms with Crippen molar-refractivity contribution in [1.82, 2.24) is 5.23 Å². The van der Waals surface area contributed by atoms with Crippen LogP contribution < -0.4 is 15.7 Å². The molecule has 0 unspecified atom stereocenters. The first kappa shape index (κ1) is 14.6. The summed E-state index contributed by atoms with van der Waals surface area (Å²) in [5, 5.41) is 3.13. The molecule has 1 rings (SSSR count). The van der Waals surface area contributed by atoms with Crippen LogP contribution in [0.1, 0.15) is 24.8 Å². The van der Waals surface area contributed by atoms with E-state index in [9.17, 15) is 4.79 Å². The van der Waals surface area contributed by atoms with Gasteiger partial charge in [-0.15, -0.1) is 0 Å². The highest BCUT2D eigenvalue weighted by molar-refractivity contribution is 6.04. The quantitative estimate of drug-likeness (QED) is 0.491. The van der Waals surface area contributed by atoms with Crippen molar-refractivity contribution < 1.29 is 9.53 Å². The topological polar surface area (TPSA) is 64.3 Å². The first-order valence-corrected chi connectivity index (χ1v) is 6.37. The van der Waals surface area contributed by atoms with E-state index < -0.39 is 0 Å². The zero-order valence-corrected chi connectivity index (χ0v) is 10.9. The van der Waals surface area contributed by atoms with Crippen molar-refractivity contribution in [3.05, 3.63) is 29.8 Å². The van der Waals surface area contributed by atoms with Gasteiger partial charge in [-0.3, -0.25) is 4.79 Å². The Kier molecular flexibility index (Phi) is 6.95. The lowest BCUT2D eigenvalue weighted by atomic mass is 10.1. The first-order valence-electron chi connectivity index (χ1n) is 6.37. The van der Waals surface area contributed by atoms with Crippen LogP contribution in [0.15, 0.2) is 24.3 Å². The fraction of sp³-hybridized carbons (Fsp3) is 0.462. The molecule has 98 valence electrons. The maximum atomic E-state index is 10.6. The molecule has 0 saturated heterocycles. The molecule has 1 amide bonds. The molecule has 3 N–H and O–H groups in total. The van der Waals surface area contributed by atoms with Crippen molar-refractivity contribution >= 4 is 13.9 Å². The molecule has 18 heavy (non-hydrogen) atoms. The highest BCUT2D eigenvalue weighted by atomic mass is 16.5. The van der Waals surface area contributed by atoms with Crippen LogP contribution in [-0.4, -0.2) is 27.0 Å². The molecule has 0 bridgehead atoms. The van der Waals surface area contributed by atoms with Gasteiger partial charge in [-0.2, -0.15) is 0 Å². The van der Waals surface area contributed by atoms with Gasteiger partial charge in [0.1, 0.15) is 5.75 Å². The summed E-state index contributed by atoms with van der Waals surface area (Å²) >= 11 is 0. The fourth-order valence-corrected chi connectivity index (χ4v) is 1.70. The second-order valence-corrected chi connectivity index (χ2v) is 4.27. The molecule has 0 aliphatic carbocycles. The third-order valence-electron chi connectivity index (χ3n) is 2.63. The van der Waals surface area contributed by atoms with Crippen LogP contribution in [0.3, 0.4) is 0 Å². The lowest BCUT2D eigenvalue weighted by Gasteiger charge is -2.07. The Labute approximate surface area is 109 Å². The number of amides is 1. The average Bonchev–Trinajstić information content (AvgIpc) is 2.35. The van der Waals surface area contributed by atoms with Crippen LogP contribution in [0.25, 0.3) is 0 Å². The van der Waals surface area contributed by atoms with Crippen molar-refractivity contribution in [2.75, 3.05) is 13.2 Å². The SMILES string of the molecule is BNCCCc1cccc(OCCCC(N)=O)c1. The van der Waals surface area contributed by atoms with Crippen molar-refractivity contribution in [1.29, 1.82) is 0 Å². The Bertz CT molecular complexity index is 372. The summed E-state index contributed by atoms with van der Waals surface area (Å²) < 4.78 is 5.58. The second kappa shape index (κ2) is 8.58. The molecule has 0 heterocycles. The number of rotatable bonds is 9. The predicted octanol–water partition coefficient (Wildman–Crippen LogP) is 0.401. The Morgan fingerprint density at radius 1 is 1.39 bits per heavy atom. The molecular weight excluding hydrogens is 227 g/mol. The van der Waals surface area contributed by atoms with E-state index in [0.717, 1.165) is 25.1 Å². The summed E-state index contributed by atoms with van der Waals surface area (Å²) in [6.45, 7) is 1.55. The number of ether oxygens (including phenoxy) is 1. The van der Waals surface area contributed by atoms with E-state index in [1.165, 1.54) is 5.56 Å². The standard InChI is InChI=1S/C13H21BN2O2/c14-16-8-2-5-11-4-1-6-12(10-11)18-9-3-7-13(15)17/h1,4,6,10,16H,2-3,5,7-9,14H2,(H2,15,17). The van der Waals surface area contributed by atoms with Crippen LogP contribution in [0.2, 0.25) is 0 Å². The van der Waals surface area contributed by atoms with Gasteiger partial charge in [-0.05, 0) is 43.5 Å². The normalized spacial score (nSPS) is 10.2. The number of nitrogens with two attached hydrogens (primary N) is 1. The third kappa shape index (κ3) is 6.30. The Morgan fingerprint density at radius 2 is 2.22 bits per heavy atom. The number of primary amides is 1. The zero-order valence-electron chi connectivity index (χ0n) is 10.9. The van der Waals surface area contributed by atoms with Crippen LogP contribution in [0, 0.1) is 0 Å². The summed E-state index contributed by atoms with van der Waals surface area (Å²) in [4.78, 5) is 10.6. The summed E-state index contributed by atoms with van der Waals surface area (Å²) in [5.74, 6) is 0.584. The van der Waals surface area contributed by atoms with Crippen molar-refractivity contribution in [2.24, 2.45) is 5.73 Å². The van der Waals surface area contributed by atoms with Crippen LogP contribution >= 0.6 is 0 Å². The van der Waals surface area contributed by atoms with Gasteiger partial charge in [-0.25, -0.2) is 0 Å². The molecule has 0 radical (unpaired) electrons. The highest BCUT2D eigenvalue weighted by Crippen LogP contribution is 2.14. The average molecular weight is 248 g/mol. The largest absolute Gasteiger partial charge is 0.494 e. The van der Waals surface area contributed by atoms with E-state index in [2.05, 4.69) is 17.4 Å². The lowest BCUT2D eigenvalue weighted by molar-refractivity contribution is -0.118. The number of carbonyl (C=O) groups is 1. The lowest BCUT2D eigenvalue weighted by Crippen LogP contribution is -2.12. The molecule has 0 aliphatic rings. The van der Waals surface area contributed by atoms with Gasteiger partial charge in [0.25, 0.3) is 0 Å². The molecular formula is C13H21BN2O2. The molecule has 1 aromatic carbocycles. The molecule has 0 fully saturated rings. The molecule has 4 nitrogen and oxygen atoms in total. The minimum Gasteiger partial charge on any atom is -0.494 e. The van der Waals surface area contributed by atoms with E-state index in [4.69, 9.17) is 10.5 Å². The van der Waals surface area contributed by atoms with Gasteiger partial charge in [-0.1, -0.05) is 12.1 Å². The van der Waals surface area contributed by atoms with Gasteiger partial charge < -0.3 is 15.7 Å². The number of aryl methyl sites for hydroxylation is 1. The van der Waals surface area contributed by atoms with Crippen molar-refractivity contribution in [3.8, 4) is 5.75 Å². The third-order valence-corrected chi connectivity index (χ3v) is 2.63. The van der Waals surface area contributed by atoms with E-state index in [1.54, 1.807) is 0 Å². The second-order valence-electron chi connectivity index (χ2n) is 4.27. The van der Waals surface area contributed by atoms with E-state index in [0.29, 0.717) is 19.4 Å². The molecule has 0 aromatic heterocycles. The fourth-order valence-electron chi connectivity index (χ4n) is 1.70. The molecule has 0 atom stereocenters. The minimum absolute atomic E-state index is 0.278. The molecule has 1 aromatic rings. The summed E-state index contributed by atoms with van der Waals surface area (Å²) in [6, 6.07) is 8.09. The minimum atomic E-state index is -0.278. The Balaban J connectivity index is 2.32. The molecule has 0 saturated carbocycles. The molecule has 5 heteroatoms. The predicted molar refractivity (Wildman–Crippen MR) is 75.2 cm³/mol. The Hall–Kier alpha value is -1.49. The molecule has 0 aliphatic heterocycles. The number of benzene rings is 1. The number of nitrogens with one attached hydrogen (secondary N) is 1. The van der Waals surface area contributed by atoms with Gasteiger partial charge in [0.2, 0.25) is 5.91 Å². The van der Waals surface area contributed by atoms with Gasteiger partial charge in [0.15, 0.2) is 7.98 Å². The van der Waals surface area contributed by atoms with E-state index >= 15 is 0 Å². The summed E-state index contributed by atoms with van der Waals surface area (Å²) in [5.41, 5.74) is 6.34. The van der Waals surface area contributed by atoms with Crippen LogP contribution in [0.4, 0.5) is 0 Å². The van der Waals surface area contributed by atoms with Crippen LogP contribution in [0.5, 0.6) is 5.75 Å². The van der Waals surface area contributed by atoms with Gasteiger partial charge in [0, 0.05) is 6.42 Å².